The Labute approximate surface area is 164 Å². The Morgan fingerprint density at radius 2 is 1.14 bits per heavy atom. The lowest BCUT2D eigenvalue weighted by Crippen LogP contribution is -1.99. The topological polar surface area (TPSA) is 71.1 Å². The van der Waals surface area contributed by atoms with Gasteiger partial charge >= 0.3 is 11.9 Å². The first-order valence-corrected chi connectivity index (χ1v) is 8.93. The van der Waals surface area contributed by atoms with E-state index in [1.165, 1.54) is 12.2 Å². The van der Waals surface area contributed by atoms with Gasteiger partial charge < -0.3 is 18.9 Å². The van der Waals surface area contributed by atoms with Crippen molar-refractivity contribution in [3.05, 3.63) is 47.5 Å². The smallest absolute Gasteiger partial charge is 0.330 e. The van der Waals surface area contributed by atoms with Gasteiger partial charge in [0.15, 0.2) is 0 Å². The van der Waals surface area contributed by atoms with Gasteiger partial charge in [-0.1, -0.05) is 12.1 Å². The zero-order valence-corrected chi connectivity index (χ0v) is 16.5. The van der Waals surface area contributed by atoms with Crippen molar-refractivity contribution in [2.75, 3.05) is 27.4 Å². The average molecular weight is 384 g/mol. The molecular formula is C22H24O6. The molecule has 28 heavy (non-hydrogen) atoms. The van der Waals surface area contributed by atoms with Crippen LogP contribution in [0.3, 0.4) is 0 Å². The summed E-state index contributed by atoms with van der Waals surface area (Å²) in [5, 5.41) is 1.52. The van der Waals surface area contributed by atoms with E-state index < -0.39 is 11.9 Å². The number of carbonyl (C=O) groups is 2. The molecule has 0 saturated carbocycles. The van der Waals surface area contributed by atoms with Crippen molar-refractivity contribution in [2.24, 2.45) is 0 Å². The van der Waals surface area contributed by atoms with Crippen LogP contribution in [-0.4, -0.2) is 39.4 Å². The minimum atomic E-state index is -0.427. The molecule has 0 aliphatic rings. The largest absolute Gasteiger partial charge is 0.496 e. The summed E-state index contributed by atoms with van der Waals surface area (Å²) in [4.78, 5) is 23.4. The highest BCUT2D eigenvalue weighted by molar-refractivity contribution is 6.06. The third-order valence-corrected chi connectivity index (χ3v) is 3.96. The first kappa shape index (κ1) is 21.0. The van der Waals surface area contributed by atoms with E-state index in [0.29, 0.717) is 24.7 Å². The molecule has 0 atom stereocenters. The number of benzene rings is 2. The normalized spacial score (nSPS) is 11.1. The van der Waals surface area contributed by atoms with Gasteiger partial charge in [0.1, 0.15) is 11.5 Å². The lowest BCUT2D eigenvalue weighted by atomic mass is 9.97. The van der Waals surface area contributed by atoms with E-state index in [0.717, 1.165) is 21.9 Å². The van der Waals surface area contributed by atoms with Crippen molar-refractivity contribution in [3.8, 4) is 11.5 Å². The quantitative estimate of drug-likeness (QED) is 0.506. The number of rotatable bonds is 8. The van der Waals surface area contributed by atoms with Crippen molar-refractivity contribution >= 4 is 34.9 Å². The molecule has 0 heterocycles. The van der Waals surface area contributed by atoms with Crippen molar-refractivity contribution in [1.82, 2.24) is 0 Å². The summed E-state index contributed by atoms with van der Waals surface area (Å²) in [6, 6.07) is 7.26. The van der Waals surface area contributed by atoms with E-state index in [-0.39, 0.29) is 0 Å². The van der Waals surface area contributed by atoms with Gasteiger partial charge in [-0.25, -0.2) is 9.59 Å². The number of carbonyl (C=O) groups excluding carboxylic acids is 2. The van der Waals surface area contributed by atoms with Crippen LogP contribution in [0.5, 0.6) is 11.5 Å². The predicted octanol–water partition coefficient (Wildman–Crippen LogP) is 4.01. The van der Waals surface area contributed by atoms with Gasteiger partial charge in [-0.3, -0.25) is 0 Å². The summed E-state index contributed by atoms with van der Waals surface area (Å²) in [6.07, 6.45) is 6.07. The zero-order valence-electron chi connectivity index (χ0n) is 16.5. The fourth-order valence-corrected chi connectivity index (χ4v) is 2.80. The third-order valence-electron chi connectivity index (χ3n) is 3.96. The third kappa shape index (κ3) is 4.91. The fourth-order valence-electron chi connectivity index (χ4n) is 2.80. The second-order valence-corrected chi connectivity index (χ2v) is 5.63. The van der Waals surface area contributed by atoms with E-state index in [1.54, 1.807) is 52.4 Å². The Morgan fingerprint density at radius 3 is 1.46 bits per heavy atom. The molecule has 0 N–H and O–H groups in total. The Balaban J connectivity index is 2.66. The van der Waals surface area contributed by atoms with E-state index >= 15 is 0 Å². The van der Waals surface area contributed by atoms with Crippen molar-refractivity contribution in [1.29, 1.82) is 0 Å². The lowest BCUT2D eigenvalue weighted by Gasteiger charge is -2.14. The van der Waals surface area contributed by atoms with E-state index in [9.17, 15) is 9.59 Å². The molecule has 0 saturated heterocycles. The maximum atomic E-state index is 11.7. The zero-order chi connectivity index (χ0) is 20.5. The molecule has 2 rings (SSSR count). The average Bonchev–Trinajstić information content (AvgIpc) is 2.70. The van der Waals surface area contributed by atoms with E-state index in [1.807, 2.05) is 12.1 Å². The maximum absolute atomic E-state index is 11.7. The summed E-state index contributed by atoms with van der Waals surface area (Å²) in [5.74, 6) is 0.379. The molecule has 0 aliphatic heterocycles. The van der Waals surface area contributed by atoms with Gasteiger partial charge in [0.05, 0.1) is 27.4 Å². The monoisotopic (exact) mass is 384 g/mol. The Morgan fingerprint density at radius 1 is 0.750 bits per heavy atom. The number of hydrogen-bond donors (Lipinski definition) is 0. The van der Waals surface area contributed by atoms with Crippen LogP contribution in [0.4, 0.5) is 0 Å². The summed E-state index contributed by atoms with van der Waals surface area (Å²) < 4.78 is 20.9. The highest BCUT2D eigenvalue weighted by Gasteiger charge is 2.14. The highest BCUT2D eigenvalue weighted by atomic mass is 16.5. The summed E-state index contributed by atoms with van der Waals surface area (Å²) in [5.41, 5.74) is 1.51. The van der Waals surface area contributed by atoms with Gasteiger partial charge in [0, 0.05) is 22.9 Å². The molecule has 6 heteroatoms. The number of esters is 2. The molecule has 0 fully saturated rings. The van der Waals surface area contributed by atoms with Gasteiger partial charge in [-0.15, -0.1) is 0 Å². The first-order valence-electron chi connectivity index (χ1n) is 8.93. The molecule has 0 unspecified atom stereocenters. The number of fused-ring (bicyclic) bond motifs is 1. The van der Waals surface area contributed by atoms with Gasteiger partial charge in [0.2, 0.25) is 0 Å². The van der Waals surface area contributed by atoms with Gasteiger partial charge in [0.25, 0.3) is 0 Å². The molecule has 6 nitrogen and oxygen atoms in total. The van der Waals surface area contributed by atoms with E-state index in [2.05, 4.69) is 0 Å². The lowest BCUT2D eigenvalue weighted by molar-refractivity contribution is -0.138. The van der Waals surface area contributed by atoms with Crippen molar-refractivity contribution in [2.45, 2.75) is 13.8 Å². The maximum Gasteiger partial charge on any atom is 0.330 e. The molecule has 0 aromatic heterocycles. The van der Waals surface area contributed by atoms with Crippen LogP contribution in [0.15, 0.2) is 36.4 Å². The Hall–Kier alpha value is -3.28. The minimum Gasteiger partial charge on any atom is -0.496 e. The summed E-state index contributed by atoms with van der Waals surface area (Å²) in [6.45, 7) is 4.11. The number of methoxy groups -OCH3 is 2. The van der Waals surface area contributed by atoms with Crippen LogP contribution < -0.4 is 9.47 Å². The standard InChI is InChI=1S/C22H24O6/c1-5-27-19(23)13-9-15-7-8-16(10-14-20(24)28-6-2)22-18(26-4)12-11-17(25-3)21(15)22/h7-14H,5-6H2,1-4H3/b13-9+,14-10+. The van der Waals surface area contributed by atoms with Gasteiger partial charge in [-0.2, -0.15) is 0 Å². The minimum absolute atomic E-state index is 0.304. The Bertz CT molecular complexity index is 836. The Kier molecular flexibility index (Phi) is 7.63. The molecule has 2 aromatic carbocycles. The number of ether oxygens (including phenoxy) is 4. The molecular weight excluding hydrogens is 360 g/mol. The van der Waals surface area contributed by atoms with Crippen molar-refractivity contribution < 1.29 is 28.5 Å². The van der Waals surface area contributed by atoms with Gasteiger partial charge in [-0.05, 0) is 49.3 Å². The highest BCUT2D eigenvalue weighted by Crippen LogP contribution is 2.39. The fraction of sp³-hybridized carbons (Fsp3) is 0.273. The second kappa shape index (κ2) is 10.2. The van der Waals surface area contributed by atoms with Crippen molar-refractivity contribution in [3.63, 3.8) is 0 Å². The van der Waals surface area contributed by atoms with Crippen LogP contribution in [0.1, 0.15) is 25.0 Å². The molecule has 0 aliphatic carbocycles. The van der Waals surface area contributed by atoms with Crippen LogP contribution in [-0.2, 0) is 19.1 Å². The SMILES string of the molecule is CCOC(=O)/C=C/c1ccc(/C=C/C(=O)OCC)c2c(OC)ccc(OC)c12. The molecule has 0 radical (unpaired) electrons. The molecule has 0 amide bonds. The van der Waals surface area contributed by atoms with E-state index in [4.69, 9.17) is 18.9 Å². The number of hydrogen-bond acceptors (Lipinski definition) is 6. The van der Waals surface area contributed by atoms with Crippen LogP contribution >= 0.6 is 0 Å². The second-order valence-electron chi connectivity index (χ2n) is 5.63. The molecule has 0 spiro atoms. The van der Waals surface area contributed by atoms with Crippen LogP contribution in [0.2, 0.25) is 0 Å². The van der Waals surface area contributed by atoms with Crippen LogP contribution in [0.25, 0.3) is 22.9 Å². The van der Waals surface area contributed by atoms with Crippen LogP contribution in [0, 0.1) is 0 Å². The predicted molar refractivity (Wildman–Crippen MR) is 108 cm³/mol. The molecule has 148 valence electrons. The first-order chi connectivity index (χ1) is 13.5. The molecule has 0 bridgehead atoms. The molecule has 2 aromatic rings. The summed E-state index contributed by atoms with van der Waals surface area (Å²) in [7, 11) is 3.14. The summed E-state index contributed by atoms with van der Waals surface area (Å²) >= 11 is 0.